The highest BCUT2D eigenvalue weighted by atomic mass is 16.7. The molecule has 1 aromatic rings. The Morgan fingerprint density at radius 3 is 2.24 bits per heavy atom. The monoisotopic (exact) mass is 234 g/mol. The SMILES string of the molecule is C=Cc1ccc(OC(OCC)C(C)(C)C)cc1. The molecule has 17 heavy (non-hydrogen) atoms. The van der Waals surface area contributed by atoms with Crippen molar-refractivity contribution >= 4 is 6.08 Å². The summed E-state index contributed by atoms with van der Waals surface area (Å²) < 4.78 is 11.5. The lowest BCUT2D eigenvalue weighted by Crippen LogP contribution is -2.34. The number of hydrogen-bond donors (Lipinski definition) is 0. The van der Waals surface area contributed by atoms with Crippen molar-refractivity contribution in [1.82, 2.24) is 0 Å². The first-order valence-corrected chi connectivity index (χ1v) is 5.98. The highest BCUT2D eigenvalue weighted by molar-refractivity contribution is 5.48. The summed E-state index contributed by atoms with van der Waals surface area (Å²) >= 11 is 0. The number of hydrogen-bond acceptors (Lipinski definition) is 2. The molecule has 1 aromatic carbocycles. The van der Waals surface area contributed by atoms with Gasteiger partial charge in [0.05, 0.1) is 0 Å². The van der Waals surface area contributed by atoms with E-state index in [0.29, 0.717) is 6.61 Å². The Kier molecular flexibility index (Phi) is 4.76. The molecule has 0 aromatic heterocycles. The molecule has 2 heteroatoms. The lowest BCUT2D eigenvalue weighted by Gasteiger charge is -2.30. The largest absolute Gasteiger partial charge is 0.464 e. The van der Waals surface area contributed by atoms with Crippen LogP contribution in [0.1, 0.15) is 33.3 Å². The van der Waals surface area contributed by atoms with E-state index in [4.69, 9.17) is 9.47 Å². The third-order valence-electron chi connectivity index (χ3n) is 2.38. The van der Waals surface area contributed by atoms with E-state index < -0.39 is 0 Å². The lowest BCUT2D eigenvalue weighted by molar-refractivity contribution is -0.137. The fourth-order valence-corrected chi connectivity index (χ4v) is 1.42. The molecule has 0 bridgehead atoms. The Bertz CT molecular complexity index is 346. The summed E-state index contributed by atoms with van der Waals surface area (Å²) in [5.74, 6) is 0.823. The van der Waals surface area contributed by atoms with Crippen molar-refractivity contribution in [3.05, 3.63) is 36.4 Å². The number of ether oxygens (including phenoxy) is 2. The smallest absolute Gasteiger partial charge is 0.204 e. The molecule has 0 saturated heterocycles. The Labute approximate surface area is 104 Å². The fourth-order valence-electron chi connectivity index (χ4n) is 1.42. The molecule has 2 nitrogen and oxygen atoms in total. The van der Waals surface area contributed by atoms with Gasteiger partial charge in [-0.1, -0.05) is 45.6 Å². The maximum Gasteiger partial charge on any atom is 0.204 e. The molecule has 0 N–H and O–H groups in total. The Hall–Kier alpha value is -1.28. The van der Waals surface area contributed by atoms with Gasteiger partial charge in [-0.05, 0) is 24.6 Å². The van der Waals surface area contributed by atoms with Crippen LogP contribution < -0.4 is 4.74 Å². The molecule has 0 spiro atoms. The minimum atomic E-state index is -0.234. The number of benzene rings is 1. The van der Waals surface area contributed by atoms with Gasteiger partial charge in [0.25, 0.3) is 0 Å². The number of rotatable bonds is 5. The summed E-state index contributed by atoms with van der Waals surface area (Å²) in [5.41, 5.74) is 1.04. The van der Waals surface area contributed by atoms with Gasteiger partial charge in [0.1, 0.15) is 5.75 Å². The first kappa shape index (κ1) is 13.8. The molecule has 0 aliphatic carbocycles. The third kappa shape index (κ3) is 4.23. The maximum absolute atomic E-state index is 5.86. The molecular formula is C15H22O2. The molecular weight excluding hydrogens is 212 g/mol. The van der Waals surface area contributed by atoms with Crippen LogP contribution in [0.15, 0.2) is 30.8 Å². The van der Waals surface area contributed by atoms with Crippen LogP contribution in [-0.2, 0) is 4.74 Å². The minimum absolute atomic E-state index is 0.0485. The molecule has 0 amide bonds. The summed E-state index contributed by atoms with van der Waals surface area (Å²) in [5, 5.41) is 0. The molecule has 94 valence electrons. The summed E-state index contributed by atoms with van der Waals surface area (Å²) in [4.78, 5) is 0. The highest BCUT2D eigenvalue weighted by Gasteiger charge is 2.26. The van der Waals surface area contributed by atoms with E-state index in [-0.39, 0.29) is 11.7 Å². The Balaban J connectivity index is 2.75. The summed E-state index contributed by atoms with van der Waals surface area (Å²) in [6, 6.07) is 7.84. The van der Waals surface area contributed by atoms with Crippen LogP contribution in [-0.4, -0.2) is 12.9 Å². The van der Waals surface area contributed by atoms with Crippen LogP contribution in [0, 0.1) is 5.41 Å². The highest BCUT2D eigenvalue weighted by Crippen LogP contribution is 2.26. The molecule has 1 atom stereocenters. The second-order valence-electron chi connectivity index (χ2n) is 5.04. The second-order valence-corrected chi connectivity index (χ2v) is 5.04. The first-order chi connectivity index (χ1) is 7.97. The van der Waals surface area contributed by atoms with Gasteiger partial charge >= 0.3 is 0 Å². The van der Waals surface area contributed by atoms with Gasteiger partial charge in [0, 0.05) is 12.0 Å². The van der Waals surface area contributed by atoms with Crippen LogP contribution in [0.4, 0.5) is 0 Å². The third-order valence-corrected chi connectivity index (χ3v) is 2.38. The van der Waals surface area contributed by atoms with Crippen LogP contribution in [0.3, 0.4) is 0 Å². The van der Waals surface area contributed by atoms with Crippen molar-refractivity contribution < 1.29 is 9.47 Å². The Morgan fingerprint density at radius 1 is 1.24 bits per heavy atom. The zero-order chi connectivity index (χ0) is 12.9. The average molecular weight is 234 g/mol. The summed E-state index contributed by atoms with van der Waals surface area (Å²) in [7, 11) is 0. The quantitative estimate of drug-likeness (QED) is 0.714. The Morgan fingerprint density at radius 2 is 1.82 bits per heavy atom. The summed E-state index contributed by atoms with van der Waals surface area (Å²) in [6.45, 7) is 12.7. The molecule has 1 unspecified atom stereocenters. The van der Waals surface area contributed by atoms with E-state index in [2.05, 4.69) is 27.4 Å². The van der Waals surface area contributed by atoms with Crippen molar-refractivity contribution in [2.24, 2.45) is 5.41 Å². The van der Waals surface area contributed by atoms with Gasteiger partial charge in [0.15, 0.2) is 0 Å². The van der Waals surface area contributed by atoms with E-state index in [9.17, 15) is 0 Å². The van der Waals surface area contributed by atoms with Gasteiger partial charge < -0.3 is 9.47 Å². The van der Waals surface area contributed by atoms with Gasteiger partial charge in [-0.2, -0.15) is 0 Å². The predicted molar refractivity (Wildman–Crippen MR) is 72.0 cm³/mol. The van der Waals surface area contributed by atoms with Crippen LogP contribution in [0.2, 0.25) is 0 Å². The normalized spacial score (nSPS) is 13.2. The molecule has 0 heterocycles. The van der Waals surface area contributed by atoms with E-state index in [1.807, 2.05) is 37.3 Å². The summed E-state index contributed by atoms with van der Waals surface area (Å²) in [6.07, 6.45) is 1.58. The van der Waals surface area contributed by atoms with Crippen molar-refractivity contribution in [2.45, 2.75) is 34.0 Å². The molecule has 0 radical (unpaired) electrons. The zero-order valence-corrected chi connectivity index (χ0v) is 11.2. The predicted octanol–water partition coefficient (Wildman–Crippen LogP) is 4.12. The van der Waals surface area contributed by atoms with Crippen molar-refractivity contribution in [3.8, 4) is 5.75 Å². The van der Waals surface area contributed by atoms with Gasteiger partial charge in [-0.3, -0.25) is 0 Å². The van der Waals surface area contributed by atoms with Gasteiger partial charge in [0.2, 0.25) is 6.29 Å². The molecule has 0 fully saturated rings. The van der Waals surface area contributed by atoms with Crippen LogP contribution in [0.25, 0.3) is 6.08 Å². The van der Waals surface area contributed by atoms with E-state index in [1.54, 1.807) is 0 Å². The molecule has 0 saturated carbocycles. The van der Waals surface area contributed by atoms with E-state index in [1.165, 1.54) is 0 Å². The standard InChI is InChI=1S/C15H22O2/c1-6-12-8-10-13(11-9-12)17-14(16-7-2)15(3,4)5/h6,8-11,14H,1,7H2,2-5H3. The first-order valence-electron chi connectivity index (χ1n) is 5.98. The van der Waals surface area contributed by atoms with Gasteiger partial charge in [-0.25, -0.2) is 0 Å². The average Bonchev–Trinajstić information content (AvgIpc) is 2.28. The van der Waals surface area contributed by atoms with Crippen LogP contribution in [0.5, 0.6) is 5.75 Å². The van der Waals surface area contributed by atoms with Gasteiger partial charge in [-0.15, -0.1) is 0 Å². The second kappa shape index (κ2) is 5.87. The van der Waals surface area contributed by atoms with Crippen molar-refractivity contribution in [2.75, 3.05) is 6.61 Å². The maximum atomic E-state index is 5.86. The molecule has 0 aliphatic heterocycles. The molecule has 1 rings (SSSR count). The fraction of sp³-hybridized carbons (Fsp3) is 0.467. The van der Waals surface area contributed by atoms with E-state index >= 15 is 0 Å². The lowest BCUT2D eigenvalue weighted by atomic mass is 9.96. The van der Waals surface area contributed by atoms with Crippen molar-refractivity contribution in [1.29, 1.82) is 0 Å². The van der Waals surface area contributed by atoms with E-state index in [0.717, 1.165) is 11.3 Å². The van der Waals surface area contributed by atoms with Crippen molar-refractivity contribution in [3.63, 3.8) is 0 Å². The molecule has 0 aliphatic rings. The zero-order valence-electron chi connectivity index (χ0n) is 11.2. The minimum Gasteiger partial charge on any atom is -0.464 e. The topological polar surface area (TPSA) is 18.5 Å². The van der Waals surface area contributed by atoms with Crippen LogP contribution >= 0.6 is 0 Å².